The van der Waals surface area contributed by atoms with Crippen LogP contribution < -0.4 is 5.32 Å². The van der Waals surface area contributed by atoms with Crippen LogP contribution in [-0.4, -0.2) is 47.1 Å². The molecule has 1 saturated heterocycles. The van der Waals surface area contributed by atoms with Gasteiger partial charge in [0.15, 0.2) is 0 Å². The van der Waals surface area contributed by atoms with Crippen LogP contribution in [-0.2, 0) is 9.59 Å². The van der Waals surface area contributed by atoms with Gasteiger partial charge in [0.25, 0.3) is 5.91 Å². The number of benzene rings is 1. The van der Waals surface area contributed by atoms with Crippen LogP contribution in [0.5, 0.6) is 0 Å². The first-order chi connectivity index (χ1) is 12.2. The highest BCUT2D eigenvalue weighted by Gasteiger charge is 2.53. The average molecular weight is 370 g/mol. The quantitative estimate of drug-likeness (QED) is 0.852. The minimum Gasteiger partial charge on any atom is -0.481 e. The van der Waals surface area contributed by atoms with Crippen LogP contribution in [0.25, 0.3) is 0 Å². The first-order valence-corrected chi connectivity index (χ1v) is 8.16. The smallest absolute Gasteiger partial charge is 0.394 e. The summed E-state index contributed by atoms with van der Waals surface area (Å²) in [5, 5.41) is 11.7. The van der Waals surface area contributed by atoms with Gasteiger partial charge in [-0.05, 0) is 31.0 Å². The Labute approximate surface area is 147 Å². The van der Waals surface area contributed by atoms with E-state index in [1.807, 2.05) is 0 Å². The van der Waals surface area contributed by atoms with E-state index in [4.69, 9.17) is 5.11 Å². The summed E-state index contributed by atoms with van der Waals surface area (Å²) in [5.41, 5.74) is 0.486. The molecule has 2 aliphatic rings. The van der Waals surface area contributed by atoms with Crippen molar-refractivity contribution >= 4 is 23.5 Å². The van der Waals surface area contributed by atoms with Gasteiger partial charge in [0.1, 0.15) is 0 Å². The van der Waals surface area contributed by atoms with E-state index in [0.717, 1.165) is 17.7 Å². The number of aliphatic carboxylic acids is 1. The van der Waals surface area contributed by atoms with Gasteiger partial charge in [0, 0.05) is 30.3 Å². The third-order valence-corrected chi connectivity index (χ3v) is 4.67. The summed E-state index contributed by atoms with van der Waals surface area (Å²) in [7, 11) is 0. The number of anilines is 1. The molecule has 1 saturated carbocycles. The van der Waals surface area contributed by atoms with Crippen LogP contribution in [0.3, 0.4) is 0 Å². The second kappa shape index (κ2) is 6.62. The predicted octanol–water partition coefficient (Wildman–Crippen LogP) is 2.37. The Balaban J connectivity index is 1.74. The number of likely N-dealkylation sites (tertiary alicyclic amines) is 1. The van der Waals surface area contributed by atoms with Gasteiger partial charge < -0.3 is 15.3 Å². The van der Waals surface area contributed by atoms with Crippen LogP contribution >= 0.6 is 0 Å². The average Bonchev–Trinajstić information content (AvgIpc) is 3.31. The van der Waals surface area contributed by atoms with Crippen molar-refractivity contribution in [2.45, 2.75) is 19.0 Å². The van der Waals surface area contributed by atoms with Crippen molar-refractivity contribution in [3.8, 4) is 0 Å². The van der Waals surface area contributed by atoms with Crippen LogP contribution in [0.2, 0.25) is 0 Å². The fraction of sp³-hybridized carbons (Fsp3) is 0.471. The summed E-state index contributed by atoms with van der Waals surface area (Å²) in [5.74, 6) is -6.23. The van der Waals surface area contributed by atoms with Crippen molar-refractivity contribution in [2.75, 3.05) is 18.4 Å². The van der Waals surface area contributed by atoms with Gasteiger partial charge in [0.2, 0.25) is 5.91 Å². The molecule has 6 nitrogen and oxygen atoms in total. The molecule has 1 aliphatic carbocycles. The molecular formula is C17H17F3N2O4. The Morgan fingerprint density at radius 2 is 1.85 bits per heavy atom. The highest BCUT2D eigenvalue weighted by molar-refractivity contribution is 5.98. The van der Waals surface area contributed by atoms with Gasteiger partial charge in [-0.25, -0.2) is 0 Å². The number of alkyl halides is 3. The van der Waals surface area contributed by atoms with Gasteiger partial charge in [-0.1, -0.05) is 6.07 Å². The number of hydrogen-bond acceptors (Lipinski definition) is 3. The van der Waals surface area contributed by atoms with E-state index < -0.39 is 43.0 Å². The van der Waals surface area contributed by atoms with Crippen LogP contribution in [0.1, 0.15) is 23.2 Å². The molecule has 2 atom stereocenters. The van der Waals surface area contributed by atoms with E-state index in [-0.39, 0.29) is 17.4 Å². The van der Waals surface area contributed by atoms with E-state index in [0.29, 0.717) is 5.69 Å². The summed E-state index contributed by atoms with van der Waals surface area (Å²) in [6.45, 7) is -1.20. The molecule has 9 heteroatoms. The lowest BCUT2D eigenvalue weighted by molar-refractivity contribution is -0.187. The van der Waals surface area contributed by atoms with Crippen molar-refractivity contribution in [3.05, 3.63) is 29.8 Å². The molecule has 2 fully saturated rings. The highest BCUT2D eigenvalue weighted by Crippen LogP contribution is 2.38. The largest absolute Gasteiger partial charge is 0.481 e. The zero-order valence-corrected chi connectivity index (χ0v) is 13.6. The molecule has 2 N–H and O–H groups in total. The number of rotatable bonds is 4. The lowest BCUT2D eigenvalue weighted by Gasteiger charge is -2.18. The second-order valence-electron chi connectivity index (χ2n) is 6.65. The number of carboxylic acids is 1. The molecule has 0 aromatic heterocycles. The predicted molar refractivity (Wildman–Crippen MR) is 84.4 cm³/mol. The molecule has 3 rings (SSSR count). The van der Waals surface area contributed by atoms with E-state index in [1.54, 1.807) is 6.07 Å². The maximum absolute atomic E-state index is 13.1. The van der Waals surface area contributed by atoms with Gasteiger partial charge in [-0.3, -0.25) is 14.4 Å². The minimum atomic E-state index is -4.70. The number of nitrogens with one attached hydrogen (secondary N) is 1. The van der Waals surface area contributed by atoms with Gasteiger partial charge in [-0.15, -0.1) is 0 Å². The molecule has 0 spiro atoms. The third kappa shape index (κ3) is 3.81. The summed E-state index contributed by atoms with van der Waals surface area (Å²) in [6.07, 6.45) is -3.07. The molecule has 140 valence electrons. The molecule has 0 bridgehead atoms. The van der Waals surface area contributed by atoms with E-state index >= 15 is 0 Å². The van der Waals surface area contributed by atoms with Crippen molar-refractivity contribution in [1.29, 1.82) is 0 Å². The zero-order chi connectivity index (χ0) is 19.1. The maximum atomic E-state index is 13.1. The third-order valence-electron chi connectivity index (χ3n) is 4.67. The summed E-state index contributed by atoms with van der Waals surface area (Å²) in [6, 6.07) is 5.91. The topological polar surface area (TPSA) is 86.7 Å². The molecule has 1 aromatic carbocycles. The van der Waals surface area contributed by atoms with E-state index in [1.165, 1.54) is 18.2 Å². The highest BCUT2D eigenvalue weighted by atomic mass is 19.4. The van der Waals surface area contributed by atoms with Crippen LogP contribution in [0.15, 0.2) is 24.3 Å². The molecular weight excluding hydrogens is 353 g/mol. The standard InChI is InChI=1S/C17H17F3N2O4/c18-17(19,20)13-8-22(7-12(13)16(25)26)15(24)10-2-1-3-11(6-10)21-14(23)9-4-5-9/h1-3,6,9,12-13H,4-5,7-8H2,(H,21,23)(H,25,26)/t12-,13-/m1/s1. The monoisotopic (exact) mass is 370 g/mol. The molecule has 1 heterocycles. The molecule has 0 unspecified atom stereocenters. The Bertz CT molecular complexity index is 746. The second-order valence-corrected chi connectivity index (χ2v) is 6.65. The van der Waals surface area contributed by atoms with Gasteiger partial charge >= 0.3 is 12.1 Å². The van der Waals surface area contributed by atoms with Crippen molar-refractivity contribution in [2.24, 2.45) is 17.8 Å². The number of carbonyl (C=O) groups is 3. The number of carboxylic acid groups (broad SMARTS) is 1. The van der Waals surface area contributed by atoms with Crippen molar-refractivity contribution < 1.29 is 32.7 Å². The Morgan fingerprint density at radius 1 is 1.15 bits per heavy atom. The lowest BCUT2D eigenvalue weighted by atomic mass is 9.96. The zero-order valence-electron chi connectivity index (χ0n) is 13.6. The van der Waals surface area contributed by atoms with Gasteiger partial charge in [-0.2, -0.15) is 13.2 Å². The SMILES string of the molecule is O=C(Nc1cccc(C(=O)N2C[C@@H](C(F)(F)F)[C@H](C(=O)O)C2)c1)C1CC1. The first-order valence-electron chi connectivity index (χ1n) is 8.16. The van der Waals surface area contributed by atoms with Crippen LogP contribution in [0.4, 0.5) is 18.9 Å². The molecule has 26 heavy (non-hydrogen) atoms. The normalized spacial score (nSPS) is 23.0. The Morgan fingerprint density at radius 3 is 2.38 bits per heavy atom. The summed E-state index contributed by atoms with van der Waals surface area (Å²) < 4.78 is 39.2. The van der Waals surface area contributed by atoms with Crippen molar-refractivity contribution in [3.63, 3.8) is 0 Å². The van der Waals surface area contributed by atoms with E-state index in [2.05, 4.69) is 5.32 Å². The van der Waals surface area contributed by atoms with Crippen LogP contribution in [0, 0.1) is 17.8 Å². The molecule has 2 amide bonds. The van der Waals surface area contributed by atoms with Crippen molar-refractivity contribution in [1.82, 2.24) is 4.90 Å². The molecule has 0 radical (unpaired) electrons. The number of halogens is 3. The van der Waals surface area contributed by atoms with Gasteiger partial charge in [0.05, 0.1) is 11.8 Å². The first kappa shape index (κ1) is 18.2. The molecule has 1 aromatic rings. The minimum absolute atomic E-state index is 0.0307. The number of carbonyl (C=O) groups excluding carboxylic acids is 2. The Kier molecular flexibility index (Phi) is 4.64. The molecule has 1 aliphatic heterocycles. The fourth-order valence-corrected chi connectivity index (χ4v) is 3.05. The lowest BCUT2D eigenvalue weighted by Crippen LogP contribution is -2.34. The number of hydrogen-bond donors (Lipinski definition) is 2. The maximum Gasteiger partial charge on any atom is 0.394 e. The summed E-state index contributed by atoms with van der Waals surface area (Å²) in [4.78, 5) is 36.3. The number of nitrogens with zero attached hydrogens (tertiary/aromatic N) is 1. The Hall–Kier alpha value is -2.58. The summed E-state index contributed by atoms with van der Waals surface area (Å²) >= 11 is 0. The number of amides is 2. The van der Waals surface area contributed by atoms with E-state index in [9.17, 15) is 27.6 Å². The fourth-order valence-electron chi connectivity index (χ4n) is 3.05.